The third-order valence-electron chi connectivity index (χ3n) is 7.56. The van der Waals surface area contributed by atoms with Gasteiger partial charge in [-0.2, -0.15) is 4.98 Å². The van der Waals surface area contributed by atoms with E-state index in [2.05, 4.69) is 24.4 Å². The van der Waals surface area contributed by atoms with Crippen LogP contribution in [0.1, 0.15) is 40.8 Å². The van der Waals surface area contributed by atoms with Gasteiger partial charge < -0.3 is 19.5 Å². The number of ether oxygens (including phenoxy) is 3. The van der Waals surface area contributed by atoms with Crippen LogP contribution in [-0.4, -0.2) is 27.8 Å². The Kier molecular flexibility index (Phi) is 9.61. The van der Waals surface area contributed by atoms with Gasteiger partial charge in [-0.1, -0.05) is 108 Å². The van der Waals surface area contributed by atoms with E-state index in [-0.39, 0.29) is 6.61 Å². The molecule has 0 fully saturated rings. The van der Waals surface area contributed by atoms with Crippen LogP contribution >= 0.6 is 23.4 Å². The van der Waals surface area contributed by atoms with E-state index in [4.69, 9.17) is 35.9 Å². The minimum absolute atomic E-state index is 0.140. The van der Waals surface area contributed by atoms with Crippen molar-refractivity contribution in [2.75, 3.05) is 12.4 Å². The molecule has 2 heterocycles. The second kappa shape index (κ2) is 14.1. The molecule has 0 spiro atoms. The summed E-state index contributed by atoms with van der Waals surface area (Å²) in [4.78, 5) is 18.5. The average molecular weight is 653 g/mol. The van der Waals surface area contributed by atoms with Gasteiger partial charge in [0.1, 0.15) is 19.3 Å². The van der Waals surface area contributed by atoms with Gasteiger partial charge in [0.25, 0.3) is 0 Å². The maximum absolute atomic E-state index is 13.8. The molecule has 1 N–H and O–H groups in total. The predicted octanol–water partition coefficient (Wildman–Crippen LogP) is 8.15. The second-order valence-electron chi connectivity index (χ2n) is 10.9. The molecule has 0 aliphatic carbocycles. The number of rotatable bonds is 11. The van der Waals surface area contributed by atoms with Crippen molar-refractivity contribution in [3.05, 3.63) is 141 Å². The van der Waals surface area contributed by atoms with Crippen LogP contribution in [0.2, 0.25) is 5.02 Å². The molecule has 8 nitrogen and oxygen atoms in total. The number of methoxy groups -OCH3 is 1. The van der Waals surface area contributed by atoms with E-state index in [9.17, 15) is 4.79 Å². The van der Waals surface area contributed by atoms with E-state index in [0.717, 1.165) is 27.8 Å². The smallest absolute Gasteiger partial charge is 0.338 e. The van der Waals surface area contributed by atoms with E-state index in [0.29, 0.717) is 51.3 Å². The number of carbonyl (C=O) groups is 1. The summed E-state index contributed by atoms with van der Waals surface area (Å²) >= 11 is 7.86. The minimum atomic E-state index is -0.638. The van der Waals surface area contributed by atoms with Crippen LogP contribution in [0.3, 0.4) is 0 Å². The molecule has 0 bridgehead atoms. The van der Waals surface area contributed by atoms with Gasteiger partial charge in [0, 0.05) is 16.5 Å². The lowest BCUT2D eigenvalue weighted by Gasteiger charge is -2.28. The number of esters is 1. The normalized spacial score (nSPS) is 14.0. The van der Waals surface area contributed by atoms with Gasteiger partial charge in [0.15, 0.2) is 11.5 Å². The Labute approximate surface area is 277 Å². The van der Waals surface area contributed by atoms with E-state index >= 15 is 0 Å². The third kappa shape index (κ3) is 7.06. The van der Waals surface area contributed by atoms with Gasteiger partial charge in [-0.15, -0.1) is 5.10 Å². The van der Waals surface area contributed by atoms with E-state index in [1.807, 2.05) is 91.9 Å². The molecule has 4 aromatic carbocycles. The van der Waals surface area contributed by atoms with Crippen molar-refractivity contribution >= 4 is 35.3 Å². The van der Waals surface area contributed by atoms with Crippen LogP contribution in [0, 0.1) is 6.92 Å². The molecule has 0 saturated carbocycles. The Morgan fingerprint density at radius 3 is 2.48 bits per heavy atom. The maximum Gasteiger partial charge on any atom is 0.338 e. The number of hydrogen-bond donors (Lipinski definition) is 1. The molecule has 0 saturated heterocycles. The van der Waals surface area contributed by atoms with Crippen molar-refractivity contribution in [3.8, 4) is 11.5 Å². The molecule has 1 aliphatic heterocycles. The molecular formula is C36H33ClN4O4S. The molecule has 6 rings (SSSR count). The van der Waals surface area contributed by atoms with Crippen LogP contribution in [0.5, 0.6) is 11.5 Å². The van der Waals surface area contributed by atoms with E-state index in [1.54, 1.807) is 11.8 Å². The number of nitrogens with one attached hydrogen (secondary N) is 1. The Morgan fingerprint density at radius 1 is 0.913 bits per heavy atom. The summed E-state index contributed by atoms with van der Waals surface area (Å²) < 4.78 is 19.5. The predicted molar refractivity (Wildman–Crippen MR) is 180 cm³/mol. The number of fused-ring (bicyclic) bond motifs is 1. The number of aromatic nitrogens is 3. The first-order valence-electron chi connectivity index (χ1n) is 14.8. The lowest BCUT2D eigenvalue weighted by atomic mass is 9.95. The van der Waals surface area contributed by atoms with Crippen molar-refractivity contribution in [1.29, 1.82) is 0 Å². The number of halogens is 1. The number of thioether (sulfide) groups is 1. The van der Waals surface area contributed by atoms with Crippen LogP contribution in [0.25, 0.3) is 0 Å². The van der Waals surface area contributed by atoms with E-state index < -0.39 is 12.0 Å². The fourth-order valence-corrected chi connectivity index (χ4v) is 6.38. The SMILES string of the molecule is COc1cc(C2C(C(=O)OCc3ccccc3)=C(C)Nc3nc(SCc4ccccc4Cl)nn32)ccc1OCc1cccc(C)c1. The second-order valence-corrected chi connectivity index (χ2v) is 12.2. The van der Waals surface area contributed by atoms with Crippen molar-refractivity contribution in [3.63, 3.8) is 0 Å². The van der Waals surface area contributed by atoms with Crippen molar-refractivity contribution in [1.82, 2.24) is 14.8 Å². The third-order valence-corrected chi connectivity index (χ3v) is 8.82. The van der Waals surface area contributed by atoms with Crippen LogP contribution < -0.4 is 14.8 Å². The topological polar surface area (TPSA) is 87.5 Å². The van der Waals surface area contributed by atoms with Crippen LogP contribution in [-0.2, 0) is 28.5 Å². The summed E-state index contributed by atoms with van der Waals surface area (Å²) in [5, 5.41) is 9.36. The highest BCUT2D eigenvalue weighted by molar-refractivity contribution is 7.98. The number of hydrogen-bond acceptors (Lipinski definition) is 8. The largest absolute Gasteiger partial charge is 0.493 e. The molecule has 1 atom stereocenters. The molecule has 10 heteroatoms. The minimum Gasteiger partial charge on any atom is -0.493 e. The zero-order chi connectivity index (χ0) is 32.0. The Balaban J connectivity index is 1.32. The molecule has 1 unspecified atom stereocenters. The highest BCUT2D eigenvalue weighted by atomic mass is 35.5. The zero-order valence-electron chi connectivity index (χ0n) is 25.7. The fourth-order valence-electron chi connectivity index (χ4n) is 5.26. The molecule has 1 aliphatic rings. The van der Waals surface area contributed by atoms with Gasteiger partial charge in [0.05, 0.1) is 12.7 Å². The van der Waals surface area contributed by atoms with Gasteiger partial charge >= 0.3 is 5.97 Å². The number of allylic oxidation sites excluding steroid dienone is 1. The number of aryl methyl sites for hydroxylation is 1. The summed E-state index contributed by atoms with van der Waals surface area (Å²) in [7, 11) is 1.60. The summed E-state index contributed by atoms with van der Waals surface area (Å²) in [5.74, 6) is 1.78. The molecule has 0 radical (unpaired) electrons. The number of benzene rings is 4. The molecule has 0 amide bonds. The highest BCUT2D eigenvalue weighted by Crippen LogP contribution is 2.40. The van der Waals surface area contributed by atoms with E-state index in [1.165, 1.54) is 11.8 Å². The first-order chi connectivity index (χ1) is 22.4. The Hall–Kier alpha value is -4.73. The fraction of sp³-hybridized carbons (Fsp3) is 0.194. The molecule has 5 aromatic rings. The van der Waals surface area contributed by atoms with Crippen LogP contribution in [0.15, 0.2) is 113 Å². The zero-order valence-corrected chi connectivity index (χ0v) is 27.3. The molecule has 46 heavy (non-hydrogen) atoms. The van der Waals surface area contributed by atoms with Crippen molar-refractivity contribution < 1.29 is 19.0 Å². The first-order valence-corrected chi connectivity index (χ1v) is 16.1. The number of carbonyl (C=O) groups excluding carboxylic acids is 1. The first kappa shape index (κ1) is 31.3. The highest BCUT2D eigenvalue weighted by Gasteiger charge is 2.36. The molecular weight excluding hydrogens is 620 g/mol. The summed E-state index contributed by atoms with van der Waals surface area (Å²) in [6.45, 7) is 4.42. The lowest BCUT2D eigenvalue weighted by molar-refractivity contribution is -0.140. The van der Waals surface area contributed by atoms with Crippen molar-refractivity contribution in [2.24, 2.45) is 0 Å². The monoisotopic (exact) mass is 652 g/mol. The quantitative estimate of drug-likeness (QED) is 0.113. The lowest BCUT2D eigenvalue weighted by Crippen LogP contribution is -2.29. The van der Waals surface area contributed by atoms with Crippen molar-refractivity contribution in [2.45, 2.75) is 44.0 Å². The summed E-state index contributed by atoms with van der Waals surface area (Å²) in [5.41, 5.74) is 5.91. The van der Waals surface area contributed by atoms with Gasteiger partial charge in [-0.3, -0.25) is 0 Å². The molecule has 1 aromatic heterocycles. The Bertz CT molecular complexity index is 1890. The van der Waals surface area contributed by atoms with Crippen LogP contribution in [0.4, 0.5) is 5.95 Å². The summed E-state index contributed by atoms with van der Waals surface area (Å²) in [6.07, 6.45) is 0. The standard InChI is InChI=1S/C36H33ClN4O4S/c1-23-10-9-13-26(18-23)21-44-30-17-16-27(19-31(30)43-3)33-32(34(42)45-20-25-11-5-4-6-12-25)24(2)38-35-39-36(40-41(33)35)46-22-28-14-7-8-15-29(28)37/h4-19,33H,20-22H2,1-3H3,(H,38,39,40). The van der Waals surface area contributed by atoms with Gasteiger partial charge in [-0.25, -0.2) is 9.48 Å². The average Bonchev–Trinajstić information content (AvgIpc) is 3.48. The summed E-state index contributed by atoms with van der Waals surface area (Å²) in [6, 6.07) is 30.5. The Morgan fingerprint density at radius 2 is 1.70 bits per heavy atom. The van der Waals surface area contributed by atoms with Gasteiger partial charge in [0.2, 0.25) is 11.1 Å². The van der Waals surface area contributed by atoms with Gasteiger partial charge in [-0.05, 0) is 54.3 Å². The number of nitrogens with zero attached hydrogens (tertiary/aromatic N) is 3. The number of anilines is 1. The maximum atomic E-state index is 13.8. The molecule has 234 valence electrons.